The summed E-state index contributed by atoms with van der Waals surface area (Å²) in [6.07, 6.45) is -0.477. The molecule has 0 saturated carbocycles. The van der Waals surface area contributed by atoms with Gasteiger partial charge in [-0.15, -0.1) is 11.6 Å². The zero-order valence-corrected chi connectivity index (χ0v) is 20.5. The van der Waals surface area contributed by atoms with Gasteiger partial charge in [-0.1, -0.05) is 72.8 Å². The second kappa shape index (κ2) is 9.62. The van der Waals surface area contributed by atoms with E-state index in [4.69, 9.17) is 25.8 Å². The van der Waals surface area contributed by atoms with Gasteiger partial charge in [0.1, 0.15) is 36.9 Å². The number of alkyl halides is 1. The first kappa shape index (κ1) is 23.1. The Labute approximate surface area is 216 Å². The summed E-state index contributed by atoms with van der Waals surface area (Å²) in [5, 5.41) is 9.77. The summed E-state index contributed by atoms with van der Waals surface area (Å²) in [4.78, 5) is 0. The molecule has 0 spiro atoms. The summed E-state index contributed by atoms with van der Waals surface area (Å²) in [6, 6.07) is 33.9. The summed E-state index contributed by atoms with van der Waals surface area (Å²) in [7, 11) is 0. The van der Waals surface area contributed by atoms with Gasteiger partial charge in [0.25, 0.3) is 0 Å². The molecular weight excluding hydrogens is 472 g/mol. The van der Waals surface area contributed by atoms with Gasteiger partial charge in [0.05, 0.1) is 17.9 Å². The van der Waals surface area contributed by atoms with E-state index < -0.39 is 11.5 Å². The van der Waals surface area contributed by atoms with Gasteiger partial charge in [-0.3, -0.25) is 0 Å². The Bertz CT molecular complexity index is 1300. The molecule has 0 radical (unpaired) electrons. The quantitative estimate of drug-likeness (QED) is 0.206. The number of aliphatic hydroxyl groups excluding tert-OH is 1. The number of fused-ring (bicyclic) bond motifs is 3. The summed E-state index contributed by atoms with van der Waals surface area (Å²) >= 11 is 5.72. The zero-order valence-electron chi connectivity index (χ0n) is 19.8. The van der Waals surface area contributed by atoms with Crippen molar-refractivity contribution in [2.24, 2.45) is 0 Å². The van der Waals surface area contributed by atoms with Crippen LogP contribution in [-0.2, 0) is 10.2 Å². The molecule has 1 saturated heterocycles. The number of ether oxygens (including phenoxy) is 3. The highest BCUT2D eigenvalue weighted by Gasteiger charge is 2.45. The van der Waals surface area contributed by atoms with E-state index in [0.717, 1.165) is 17.9 Å². The fourth-order valence-electron chi connectivity index (χ4n) is 5.22. The van der Waals surface area contributed by atoms with Crippen molar-refractivity contribution in [2.75, 3.05) is 25.7 Å². The van der Waals surface area contributed by atoms with E-state index in [1.54, 1.807) is 0 Å². The van der Waals surface area contributed by atoms with Gasteiger partial charge in [-0.05, 0) is 57.6 Å². The predicted molar refractivity (Wildman–Crippen MR) is 141 cm³/mol. The lowest BCUT2D eigenvalue weighted by Gasteiger charge is -2.34. The molecule has 1 unspecified atom stereocenters. The number of aliphatic hydroxyl groups is 1. The number of halogens is 1. The minimum atomic E-state index is -0.696. The maximum atomic E-state index is 9.77. The van der Waals surface area contributed by atoms with E-state index in [2.05, 4.69) is 72.8 Å². The largest absolute Gasteiger partial charge is 0.491 e. The molecule has 4 aromatic rings. The SMILES string of the molecule is OC(CCl)COc1ccc(C2(c3ccc(OC[C@H]4CO4)cc3)c3ccccc3-c3ccccc32)cc1. The monoisotopic (exact) mass is 498 g/mol. The molecule has 1 aliphatic carbocycles. The summed E-state index contributed by atoms with van der Waals surface area (Å²) in [5.41, 5.74) is 6.80. The van der Waals surface area contributed by atoms with Crippen LogP contribution in [0.4, 0.5) is 0 Å². The lowest BCUT2D eigenvalue weighted by molar-refractivity contribution is 0.125. The maximum Gasteiger partial charge on any atom is 0.119 e. The molecule has 2 atom stereocenters. The second-order valence-corrected chi connectivity index (χ2v) is 9.58. The summed E-state index contributed by atoms with van der Waals surface area (Å²) in [5.74, 6) is 1.68. The van der Waals surface area contributed by atoms with Crippen molar-refractivity contribution >= 4 is 11.6 Å². The summed E-state index contributed by atoms with van der Waals surface area (Å²) in [6.45, 7) is 1.52. The molecule has 2 aliphatic rings. The van der Waals surface area contributed by atoms with Crippen molar-refractivity contribution in [1.29, 1.82) is 0 Å². The average Bonchev–Trinajstić information content (AvgIpc) is 3.73. The van der Waals surface area contributed by atoms with E-state index in [1.165, 1.54) is 27.8 Å². The van der Waals surface area contributed by atoms with E-state index in [-0.39, 0.29) is 18.6 Å². The van der Waals surface area contributed by atoms with Gasteiger partial charge >= 0.3 is 0 Å². The van der Waals surface area contributed by atoms with Crippen LogP contribution >= 0.6 is 11.6 Å². The number of benzene rings is 4. The molecule has 182 valence electrons. The zero-order chi connectivity index (χ0) is 24.5. The Balaban J connectivity index is 1.46. The maximum absolute atomic E-state index is 9.77. The van der Waals surface area contributed by atoms with Crippen molar-refractivity contribution < 1.29 is 19.3 Å². The molecule has 6 rings (SSSR count). The minimum absolute atomic E-state index is 0.141. The van der Waals surface area contributed by atoms with Crippen molar-refractivity contribution in [3.63, 3.8) is 0 Å². The summed E-state index contributed by atoms with van der Waals surface area (Å²) < 4.78 is 17.0. The molecular formula is C31H27ClO4. The van der Waals surface area contributed by atoms with Crippen LogP contribution in [-0.4, -0.2) is 43.0 Å². The van der Waals surface area contributed by atoms with Gasteiger partial charge in [0, 0.05) is 0 Å². The third kappa shape index (κ3) is 4.05. The first-order chi connectivity index (χ1) is 17.7. The van der Waals surface area contributed by atoms with Crippen LogP contribution in [0, 0.1) is 0 Å². The second-order valence-electron chi connectivity index (χ2n) is 9.28. The Morgan fingerprint density at radius 2 is 1.28 bits per heavy atom. The molecule has 0 amide bonds. The van der Waals surface area contributed by atoms with Crippen LogP contribution in [0.15, 0.2) is 97.1 Å². The molecule has 4 aromatic carbocycles. The van der Waals surface area contributed by atoms with Crippen LogP contribution in [0.25, 0.3) is 11.1 Å². The fourth-order valence-corrected chi connectivity index (χ4v) is 5.31. The highest BCUT2D eigenvalue weighted by molar-refractivity contribution is 6.18. The van der Waals surface area contributed by atoms with Gasteiger partial charge < -0.3 is 19.3 Å². The van der Waals surface area contributed by atoms with Crippen LogP contribution in [0.2, 0.25) is 0 Å². The van der Waals surface area contributed by atoms with Gasteiger partial charge in [-0.25, -0.2) is 0 Å². The Morgan fingerprint density at radius 1 is 0.778 bits per heavy atom. The highest BCUT2D eigenvalue weighted by atomic mass is 35.5. The number of hydrogen-bond donors (Lipinski definition) is 1. The van der Waals surface area contributed by atoms with Crippen molar-refractivity contribution in [1.82, 2.24) is 0 Å². The minimum Gasteiger partial charge on any atom is -0.491 e. The molecule has 5 heteroatoms. The predicted octanol–water partition coefficient (Wildman–Crippen LogP) is 5.81. The molecule has 1 heterocycles. The van der Waals surface area contributed by atoms with Crippen molar-refractivity contribution in [3.8, 4) is 22.6 Å². The molecule has 1 N–H and O–H groups in total. The van der Waals surface area contributed by atoms with Crippen LogP contribution in [0.5, 0.6) is 11.5 Å². The van der Waals surface area contributed by atoms with E-state index in [1.807, 2.05) is 24.3 Å². The van der Waals surface area contributed by atoms with Crippen LogP contribution in [0.3, 0.4) is 0 Å². The standard InChI is InChI=1S/C31H27ClO4/c32-17-23(33)18-34-24-13-9-21(10-14-24)31(22-11-15-25(16-12-22)35-19-26-20-36-26)29-7-3-1-5-27(29)28-6-2-4-8-30(28)31/h1-16,23,26,33H,17-20H2/t23?,26-/m0/s1. The van der Waals surface area contributed by atoms with Crippen LogP contribution in [0.1, 0.15) is 22.3 Å². The first-order valence-corrected chi connectivity index (χ1v) is 12.8. The van der Waals surface area contributed by atoms with E-state index in [0.29, 0.717) is 12.4 Å². The van der Waals surface area contributed by atoms with E-state index in [9.17, 15) is 5.11 Å². The van der Waals surface area contributed by atoms with Gasteiger partial charge in [0.15, 0.2) is 0 Å². The smallest absolute Gasteiger partial charge is 0.119 e. The third-order valence-corrected chi connectivity index (χ3v) is 7.34. The lowest BCUT2D eigenvalue weighted by Crippen LogP contribution is -2.28. The Morgan fingerprint density at radius 3 is 1.78 bits per heavy atom. The van der Waals surface area contributed by atoms with Gasteiger partial charge in [0.2, 0.25) is 0 Å². The molecule has 0 bridgehead atoms. The first-order valence-electron chi connectivity index (χ1n) is 12.2. The molecule has 1 fully saturated rings. The normalized spacial score (nSPS) is 17.7. The fraction of sp³-hybridized carbons (Fsp3) is 0.226. The average molecular weight is 499 g/mol. The van der Waals surface area contributed by atoms with Crippen molar-refractivity contribution in [3.05, 3.63) is 119 Å². The molecule has 1 aliphatic heterocycles. The lowest BCUT2D eigenvalue weighted by atomic mass is 9.68. The number of epoxide rings is 1. The Kier molecular flexibility index (Phi) is 6.18. The van der Waals surface area contributed by atoms with Crippen LogP contribution < -0.4 is 9.47 Å². The van der Waals surface area contributed by atoms with Gasteiger partial charge in [-0.2, -0.15) is 0 Å². The molecule has 0 aromatic heterocycles. The number of hydrogen-bond acceptors (Lipinski definition) is 4. The topological polar surface area (TPSA) is 51.2 Å². The number of rotatable bonds is 9. The molecule has 4 nitrogen and oxygen atoms in total. The van der Waals surface area contributed by atoms with E-state index >= 15 is 0 Å². The Hall–Kier alpha value is -3.31. The highest BCUT2D eigenvalue weighted by Crippen LogP contribution is 2.56. The third-order valence-electron chi connectivity index (χ3n) is 6.99. The van der Waals surface area contributed by atoms with Crippen molar-refractivity contribution in [2.45, 2.75) is 17.6 Å². The molecule has 36 heavy (non-hydrogen) atoms.